The van der Waals surface area contributed by atoms with Crippen molar-refractivity contribution in [2.75, 3.05) is 0 Å². The summed E-state index contributed by atoms with van der Waals surface area (Å²) in [4.78, 5) is 18.6. The van der Waals surface area contributed by atoms with Crippen LogP contribution in [-0.2, 0) is 9.09 Å². The Kier molecular flexibility index (Phi) is 4.45. The first-order chi connectivity index (χ1) is 11.6. The molecule has 0 aliphatic heterocycles. The Morgan fingerprint density at radius 1 is 0.920 bits per heavy atom. The van der Waals surface area contributed by atoms with Gasteiger partial charge in [-0.3, -0.25) is 4.52 Å². The Hall–Kier alpha value is 0.0700. The Labute approximate surface area is 150 Å². The van der Waals surface area contributed by atoms with Crippen LogP contribution in [0.5, 0.6) is 0 Å². The first-order valence-corrected chi connectivity index (χ1v) is 11.6. The molecule has 3 N–H and O–H groups in total. The largest absolute Gasteiger partial charge is 0.469 e. The van der Waals surface area contributed by atoms with Crippen molar-refractivity contribution in [2.24, 2.45) is 34.5 Å². The van der Waals surface area contributed by atoms with Crippen LogP contribution in [0.15, 0.2) is 0 Å². The van der Waals surface area contributed by atoms with E-state index < -0.39 is 7.82 Å². The van der Waals surface area contributed by atoms with Gasteiger partial charge in [-0.2, -0.15) is 0 Å². The smallest absolute Gasteiger partial charge is 0.393 e. The van der Waals surface area contributed by atoms with E-state index in [4.69, 9.17) is 4.52 Å². The lowest BCUT2D eigenvalue weighted by molar-refractivity contribution is -0.132. The number of hydrogen-bond acceptors (Lipinski definition) is 3. The van der Waals surface area contributed by atoms with Gasteiger partial charge < -0.3 is 14.9 Å². The second-order valence-corrected chi connectivity index (χ2v) is 11.0. The molecule has 5 nitrogen and oxygen atoms in total. The monoisotopic (exact) mass is 372 g/mol. The minimum Gasteiger partial charge on any atom is -0.393 e. The molecule has 0 aromatic carbocycles. The van der Waals surface area contributed by atoms with Crippen LogP contribution in [0.25, 0.3) is 0 Å². The molecule has 0 aromatic rings. The fraction of sp³-hybridized carbons (Fsp3) is 1.00. The van der Waals surface area contributed by atoms with E-state index >= 15 is 0 Å². The number of phosphoric ester groups is 1. The standard InChI is InChI=1S/C19H33O5P/c1-18-9-7-13(20)11-12(18)3-4-14-15-5-6-17(24-25(21,22)23)19(15,2)10-8-16(14)18/h12-17,20H,3-11H2,1-2H3,(H2,21,22,23)/t12-,13-,14-,15-,16-,17-,18-,19-/m0/s1. The van der Waals surface area contributed by atoms with Crippen molar-refractivity contribution in [1.29, 1.82) is 0 Å². The zero-order valence-corrected chi connectivity index (χ0v) is 16.3. The molecule has 0 bridgehead atoms. The van der Waals surface area contributed by atoms with Gasteiger partial charge in [0.05, 0.1) is 12.2 Å². The molecule has 6 heteroatoms. The van der Waals surface area contributed by atoms with Crippen LogP contribution in [0, 0.1) is 34.5 Å². The minimum atomic E-state index is -4.43. The third-order valence-electron chi connectivity index (χ3n) is 8.82. The predicted octanol–water partition coefficient (Wildman–Crippen LogP) is 3.87. The molecule has 0 radical (unpaired) electrons. The summed E-state index contributed by atoms with van der Waals surface area (Å²) in [6.45, 7) is 4.67. The minimum absolute atomic E-state index is 0.0976. The van der Waals surface area contributed by atoms with E-state index in [1.54, 1.807) is 0 Å². The lowest BCUT2D eigenvalue weighted by atomic mass is 9.45. The Morgan fingerprint density at radius 3 is 2.32 bits per heavy atom. The third-order valence-corrected chi connectivity index (χ3v) is 9.34. The van der Waals surface area contributed by atoms with E-state index in [2.05, 4.69) is 13.8 Å². The van der Waals surface area contributed by atoms with Crippen LogP contribution in [-0.4, -0.2) is 27.1 Å². The summed E-state index contributed by atoms with van der Waals surface area (Å²) in [6, 6.07) is 0. The fourth-order valence-corrected chi connectivity index (χ4v) is 8.20. The highest BCUT2D eigenvalue weighted by Gasteiger charge is 2.61. The number of rotatable bonds is 2. The predicted molar refractivity (Wildman–Crippen MR) is 94.7 cm³/mol. The zero-order valence-electron chi connectivity index (χ0n) is 15.4. The number of fused-ring (bicyclic) bond motifs is 5. The maximum Gasteiger partial charge on any atom is 0.469 e. The van der Waals surface area contributed by atoms with Gasteiger partial charge in [-0.15, -0.1) is 0 Å². The number of aliphatic hydroxyl groups excluding tert-OH is 1. The molecule has 0 saturated heterocycles. The summed E-state index contributed by atoms with van der Waals surface area (Å²) < 4.78 is 16.6. The average Bonchev–Trinajstić information content (AvgIpc) is 2.83. The van der Waals surface area contributed by atoms with Gasteiger partial charge >= 0.3 is 7.82 Å². The van der Waals surface area contributed by atoms with Gasteiger partial charge in [0.25, 0.3) is 0 Å². The maximum atomic E-state index is 11.4. The van der Waals surface area contributed by atoms with Crippen molar-refractivity contribution in [2.45, 2.75) is 83.8 Å². The van der Waals surface area contributed by atoms with Crippen molar-refractivity contribution in [1.82, 2.24) is 0 Å². The van der Waals surface area contributed by atoms with E-state index in [0.29, 0.717) is 29.1 Å². The summed E-state index contributed by atoms with van der Waals surface area (Å²) in [5.41, 5.74) is 0.241. The zero-order chi connectivity index (χ0) is 18.0. The van der Waals surface area contributed by atoms with E-state index in [1.165, 1.54) is 12.8 Å². The molecule has 4 rings (SSSR count). The van der Waals surface area contributed by atoms with Crippen molar-refractivity contribution >= 4 is 7.82 Å². The molecule has 25 heavy (non-hydrogen) atoms. The van der Waals surface area contributed by atoms with Gasteiger partial charge in [-0.05, 0) is 92.3 Å². The van der Waals surface area contributed by atoms with Crippen LogP contribution in [0.4, 0.5) is 0 Å². The van der Waals surface area contributed by atoms with Crippen LogP contribution >= 0.6 is 7.82 Å². The molecule has 0 spiro atoms. The van der Waals surface area contributed by atoms with Gasteiger partial charge in [0, 0.05) is 0 Å². The highest BCUT2D eigenvalue weighted by molar-refractivity contribution is 7.46. The average molecular weight is 372 g/mol. The second-order valence-electron chi connectivity index (χ2n) is 9.79. The highest BCUT2D eigenvalue weighted by Crippen LogP contribution is 2.67. The van der Waals surface area contributed by atoms with E-state index in [-0.39, 0.29) is 17.6 Å². The van der Waals surface area contributed by atoms with E-state index in [0.717, 1.165) is 44.9 Å². The summed E-state index contributed by atoms with van der Waals surface area (Å²) in [5, 5.41) is 10.1. The molecule has 4 aliphatic carbocycles. The Morgan fingerprint density at radius 2 is 1.60 bits per heavy atom. The maximum absolute atomic E-state index is 11.4. The third kappa shape index (κ3) is 2.95. The topological polar surface area (TPSA) is 87.0 Å². The molecule has 0 aromatic heterocycles. The lowest BCUT2D eigenvalue weighted by Crippen LogP contribution is -2.54. The number of aliphatic hydroxyl groups is 1. The molecular formula is C19H33O5P. The van der Waals surface area contributed by atoms with Crippen molar-refractivity contribution < 1.29 is 24.0 Å². The quantitative estimate of drug-likeness (QED) is 0.641. The van der Waals surface area contributed by atoms with Gasteiger partial charge in [0.15, 0.2) is 0 Å². The van der Waals surface area contributed by atoms with Crippen molar-refractivity contribution in [3.63, 3.8) is 0 Å². The molecule has 4 saturated carbocycles. The van der Waals surface area contributed by atoms with Crippen LogP contribution in [0.3, 0.4) is 0 Å². The molecule has 4 fully saturated rings. The van der Waals surface area contributed by atoms with Gasteiger partial charge in [0.2, 0.25) is 0 Å². The molecule has 144 valence electrons. The van der Waals surface area contributed by atoms with Crippen molar-refractivity contribution in [3.8, 4) is 0 Å². The fourth-order valence-electron chi connectivity index (χ4n) is 7.53. The summed E-state index contributed by atoms with van der Waals surface area (Å²) in [6.07, 6.45) is 8.97. The normalized spacial score (nSPS) is 53.0. The number of hydrogen-bond donors (Lipinski definition) is 3. The summed E-state index contributed by atoms with van der Waals surface area (Å²) >= 11 is 0. The molecule has 0 heterocycles. The van der Waals surface area contributed by atoms with Gasteiger partial charge in [-0.1, -0.05) is 13.8 Å². The van der Waals surface area contributed by atoms with Crippen LogP contribution in [0.1, 0.15) is 71.6 Å². The molecule has 8 atom stereocenters. The van der Waals surface area contributed by atoms with Gasteiger partial charge in [0.1, 0.15) is 0 Å². The Balaban J connectivity index is 1.57. The van der Waals surface area contributed by atoms with E-state index in [1.807, 2.05) is 0 Å². The highest BCUT2D eigenvalue weighted by atomic mass is 31.2. The molecule has 0 unspecified atom stereocenters. The van der Waals surface area contributed by atoms with Crippen molar-refractivity contribution in [3.05, 3.63) is 0 Å². The first-order valence-electron chi connectivity index (χ1n) is 10.1. The summed E-state index contributed by atoms with van der Waals surface area (Å²) in [5.74, 6) is 2.52. The van der Waals surface area contributed by atoms with E-state index in [9.17, 15) is 19.5 Å². The van der Waals surface area contributed by atoms with Crippen LogP contribution < -0.4 is 0 Å². The van der Waals surface area contributed by atoms with Gasteiger partial charge in [-0.25, -0.2) is 4.57 Å². The second kappa shape index (κ2) is 6.04. The first kappa shape index (κ1) is 18.4. The van der Waals surface area contributed by atoms with Crippen LogP contribution in [0.2, 0.25) is 0 Å². The molecule has 4 aliphatic rings. The number of phosphoric acid groups is 1. The SMILES string of the molecule is C[C@]12CC[C@H](O)C[C@@H]1CC[C@@H]1[C@@H]2CC[C@]2(C)[C@@H](OP(=O)(O)O)CC[C@@H]12. The lowest BCUT2D eigenvalue weighted by Gasteiger charge is -2.60. The Bertz CT molecular complexity index is 576. The summed E-state index contributed by atoms with van der Waals surface area (Å²) in [7, 11) is -4.43. The molecule has 0 amide bonds. The molecular weight excluding hydrogens is 339 g/mol.